The summed E-state index contributed by atoms with van der Waals surface area (Å²) < 4.78 is 0. The van der Waals surface area contributed by atoms with Gasteiger partial charge in [-0.1, -0.05) is 78.9 Å². The highest BCUT2D eigenvalue weighted by Gasteiger charge is 2.56. The van der Waals surface area contributed by atoms with E-state index in [0.717, 1.165) is 4.90 Å². The smallest absolute Gasteiger partial charge is 0.276 e. The highest BCUT2D eigenvalue weighted by Crippen LogP contribution is 2.38. The molecule has 1 N–H and O–H groups in total. The van der Waals surface area contributed by atoms with Crippen LogP contribution in [0.1, 0.15) is 11.1 Å². The molecule has 0 unspecified atom stereocenters. The Kier molecular flexibility index (Phi) is 4.05. The molecule has 1 aliphatic rings. The Balaban J connectivity index is 1.98. The lowest BCUT2D eigenvalue weighted by Crippen LogP contribution is -2.66. The molecule has 5 nitrogen and oxygen atoms in total. The van der Waals surface area contributed by atoms with Crippen molar-refractivity contribution in [3.63, 3.8) is 0 Å². The number of carbonyl (C=O) groups excluding carboxylic acids is 3. The first-order valence-corrected chi connectivity index (χ1v) is 8.52. The molecule has 0 bridgehead atoms. The van der Waals surface area contributed by atoms with Gasteiger partial charge in [-0.2, -0.15) is 0 Å². The minimum absolute atomic E-state index is 0.406. The predicted molar refractivity (Wildman–Crippen MR) is 101 cm³/mol. The topological polar surface area (TPSA) is 66.5 Å². The maximum absolute atomic E-state index is 13.7. The fourth-order valence-corrected chi connectivity index (χ4v) is 3.47. The van der Waals surface area contributed by atoms with Crippen molar-refractivity contribution in [1.82, 2.24) is 5.32 Å². The van der Waals surface area contributed by atoms with Gasteiger partial charge in [0.05, 0.1) is 5.69 Å². The van der Waals surface area contributed by atoms with Crippen LogP contribution in [0.25, 0.3) is 0 Å². The summed E-state index contributed by atoms with van der Waals surface area (Å²) in [5.41, 5.74) is -0.227. The molecule has 27 heavy (non-hydrogen) atoms. The molecule has 0 radical (unpaired) electrons. The first-order valence-electron chi connectivity index (χ1n) is 8.52. The SMILES string of the molecule is O=C1NC(=O)C(c2ccccc2)(c2ccccc2)C(=O)N1c1ccccc1. The maximum atomic E-state index is 13.7. The summed E-state index contributed by atoms with van der Waals surface area (Å²) in [4.78, 5) is 40.4. The van der Waals surface area contributed by atoms with Gasteiger partial charge in [0.15, 0.2) is 5.41 Å². The number of nitrogens with zero attached hydrogens (tertiary/aromatic N) is 1. The van der Waals surface area contributed by atoms with Crippen molar-refractivity contribution in [2.45, 2.75) is 5.41 Å². The van der Waals surface area contributed by atoms with Gasteiger partial charge in [0.2, 0.25) is 0 Å². The molecule has 0 aliphatic carbocycles. The molecule has 0 atom stereocenters. The largest absolute Gasteiger partial charge is 0.335 e. The average Bonchev–Trinajstić information content (AvgIpc) is 2.70. The second kappa shape index (κ2) is 6.53. The van der Waals surface area contributed by atoms with E-state index < -0.39 is 23.3 Å². The highest BCUT2D eigenvalue weighted by atomic mass is 16.2. The van der Waals surface area contributed by atoms with Crippen LogP contribution in [-0.4, -0.2) is 17.8 Å². The number of urea groups is 1. The van der Waals surface area contributed by atoms with Crippen LogP contribution < -0.4 is 10.2 Å². The number of amides is 4. The molecule has 3 aromatic rings. The van der Waals surface area contributed by atoms with Crippen molar-refractivity contribution in [2.75, 3.05) is 4.90 Å². The molecule has 3 aromatic carbocycles. The number of rotatable bonds is 3. The van der Waals surface area contributed by atoms with Gasteiger partial charge in [0.25, 0.3) is 11.8 Å². The molecule has 5 heteroatoms. The lowest BCUT2D eigenvalue weighted by molar-refractivity contribution is -0.134. The second-order valence-corrected chi connectivity index (χ2v) is 6.22. The molecule has 0 saturated carbocycles. The number of anilines is 1. The maximum Gasteiger partial charge on any atom is 0.335 e. The van der Waals surface area contributed by atoms with Gasteiger partial charge in [-0.25, -0.2) is 9.69 Å². The number of carbonyl (C=O) groups is 3. The van der Waals surface area contributed by atoms with E-state index in [1.807, 2.05) is 12.1 Å². The molecule has 1 fully saturated rings. The molecule has 1 saturated heterocycles. The number of benzene rings is 3. The van der Waals surface area contributed by atoms with Crippen LogP contribution in [0.2, 0.25) is 0 Å². The molecule has 1 aliphatic heterocycles. The summed E-state index contributed by atoms with van der Waals surface area (Å²) >= 11 is 0. The number of barbiturate groups is 1. The third-order valence-electron chi connectivity index (χ3n) is 4.72. The Bertz CT molecular complexity index is 962. The molecular formula is C22H16N2O3. The van der Waals surface area contributed by atoms with E-state index in [-0.39, 0.29) is 0 Å². The number of hydrogen-bond donors (Lipinski definition) is 1. The van der Waals surface area contributed by atoms with Crippen LogP contribution in [0, 0.1) is 0 Å². The van der Waals surface area contributed by atoms with Crippen LogP contribution in [0.15, 0.2) is 91.0 Å². The van der Waals surface area contributed by atoms with Gasteiger partial charge < -0.3 is 0 Å². The summed E-state index contributed by atoms with van der Waals surface area (Å²) in [5, 5.41) is 2.37. The summed E-state index contributed by atoms with van der Waals surface area (Å²) in [6.07, 6.45) is 0. The van der Waals surface area contributed by atoms with Gasteiger partial charge in [0, 0.05) is 0 Å². The van der Waals surface area contributed by atoms with Gasteiger partial charge >= 0.3 is 6.03 Å². The Labute approximate surface area is 156 Å². The number of para-hydroxylation sites is 1. The van der Waals surface area contributed by atoms with Crippen LogP contribution >= 0.6 is 0 Å². The van der Waals surface area contributed by atoms with Crippen LogP contribution in [0.3, 0.4) is 0 Å². The van der Waals surface area contributed by atoms with Gasteiger partial charge in [-0.05, 0) is 23.3 Å². The fourth-order valence-electron chi connectivity index (χ4n) is 3.47. The quantitative estimate of drug-likeness (QED) is 0.733. The Morgan fingerprint density at radius 2 is 1.07 bits per heavy atom. The van der Waals surface area contributed by atoms with Crippen LogP contribution in [0.4, 0.5) is 10.5 Å². The second-order valence-electron chi connectivity index (χ2n) is 6.22. The lowest BCUT2D eigenvalue weighted by atomic mass is 9.71. The zero-order valence-electron chi connectivity index (χ0n) is 14.3. The van der Waals surface area contributed by atoms with Crippen molar-refractivity contribution in [3.8, 4) is 0 Å². The minimum Gasteiger partial charge on any atom is -0.276 e. The van der Waals surface area contributed by atoms with E-state index in [1.165, 1.54) is 0 Å². The van der Waals surface area contributed by atoms with E-state index >= 15 is 0 Å². The molecule has 1 heterocycles. The zero-order chi connectivity index (χ0) is 18.9. The van der Waals surface area contributed by atoms with Gasteiger partial charge in [-0.3, -0.25) is 14.9 Å². The van der Waals surface area contributed by atoms with Crippen LogP contribution in [0.5, 0.6) is 0 Å². The van der Waals surface area contributed by atoms with Crippen molar-refractivity contribution >= 4 is 23.5 Å². The summed E-state index contributed by atoms with van der Waals surface area (Å²) in [6.45, 7) is 0. The van der Waals surface area contributed by atoms with E-state index in [0.29, 0.717) is 16.8 Å². The summed E-state index contributed by atoms with van der Waals surface area (Å²) in [6, 6.07) is 25.4. The number of nitrogens with one attached hydrogen (secondary N) is 1. The lowest BCUT2D eigenvalue weighted by Gasteiger charge is -2.39. The third-order valence-corrected chi connectivity index (χ3v) is 4.72. The Hall–Kier alpha value is -3.73. The zero-order valence-corrected chi connectivity index (χ0v) is 14.3. The third kappa shape index (κ3) is 2.52. The molecule has 4 rings (SSSR count). The molecule has 0 spiro atoms. The monoisotopic (exact) mass is 356 g/mol. The molecule has 4 amide bonds. The van der Waals surface area contributed by atoms with Crippen molar-refractivity contribution in [1.29, 1.82) is 0 Å². The van der Waals surface area contributed by atoms with E-state index in [1.54, 1.807) is 78.9 Å². The summed E-state index contributed by atoms with van der Waals surface area (Å²) in [7, 11) is 0. The van der Waals surface area contributed by atoms with Crippen molar-refractivity contribution in [3.05, 3.63) is 102 Å². The van der Waals surface area contributed by atoms with E-state index in [4.69, 9.17) is 0 Å². The summed E-state index contributed by atoms with van der Waals surface area (Å²) in [5.74, 6) is -1.25. The molecule has 132 valence electrons. The first kappa shape index (κ1) is 16.7. The standard InChI is InChI=1S/C22H16N2O3/c25-19-22(16-10-4-1-5-11-16,17-12-6-2-7-13-17)20(26)24(21(27)23-19)18-14-8-3-9-15-18/h1-15H,(H,23,25,27). The number of hydrogen-bond acceptors (Lipinski definition) is 3. The first-order chi connectivity index (χ1) is 13.2. The Morgan fingerprint density at radius 3 is 1.56 bits per heavy atom. The number of imide groups is 2. The van der Waals surface area contributed by atoms with E-state index in [2.05, 4.69) is 5.32 Å². The van der Waals surface area contributed by atoms with Crippen molar-refractivity contribution < 1.29 is 14.4 Å². The predicted octanol–water partition coefficient (Wildman–Crippen LogP) is 3.26. The highest BCUT2D eigenvalue weighted by molar-refractivity contribution is 6.34. The van der Waals surface area contributed by atoms with Crippen LogP contribution in [-0.2, 0) is 15.0 Å². The normalized spacial score (nSPS) is 16.1. The van der Waals surface area contributed by atoms with E-state index in [9.17, 15) is 14.4 Å². The minimum atomic E-state index is -1.65. The van der Waals surface area contributed by atoms with Gasteiger partial charge in [-0.15, -0.1) is 0 Å². The van der Waals surface area contributed by atoms with Crippen molar-refractivity contribution in [2.24, 2.45) is 0 Å². The van der Waals surface area contributed by atoms with Gasteiger partial charge in [0.1, 0.15) is 0 Å². The molecule has 0 aromatic heterocycles. The fraction of sp³-hybridized carbons (Fsp3) is 0.0455. The molecular weight excluding hydrogens is 340 g/mol. The Morgan fingerprint density at radius 1 is 0.630 bits per heavy atom. The average molecular weight is 356 g/mol.